The Morgan fingerprint density at radius 3 is 1.80 bits per heavy atom. The number of ether oxygens (including phenoxy) is 3. The molecule has 0 aromatic heterocycles. The molecule has 1 heterocycles. The minimum Gasteiger partial charge on any atom is -0.468 e. The van der Waals surface area contributed by atoms with Gasteiger partial charge in [0.15, 0.2) is 0 Å². The number of hydrogen-bond acceptors (Lipinski definition) is 7. The molecule has 0 aliphatic carbocycles. The van der Waals surface area contributed by atoms with Crippen LogP contribution in [-0.2, 0) is 28.6 Å². The van der Waals surface area contributed by atoms with Gasteiger partial charge in [-0.1, -0.05) is 90.5 Å². The fraction of sp³-hybridized carbons (Fsp3) is 0.250. The number of carbonyl (C=O) groups is 3. The number of halogens is 1. The van der Waals surface area contributed by atoms with Crippen molar-refractivity contribution in [2.24, 2.45) is 5.41 Å². The Morgan fingerprint density at radius 1 is 0.825 bits per heavy atom. The van der Waals surface area contributed by atoms with Gasteiger partial charge in [-0.3, -0.25) is 14.9 Å². The first-order chi connectivity index (χ1) is 19.4. The maximum Gasteiger partial charge on any atom is 0.330 e. The lowest BCUT2D eigenvalue weighted by Gasteiger charge is -2.31. The maximum atomic E-state index is 14.1. The molecule has 1 saturated heterocycles. The Balaban J connectivity index is 2.20. The van der Waals surface area contributed by atoms with Crippen molar-refractivity contribution < 1.29 is 28.6 Å². The van der Waals surface area contributed by atoms with E-state index in [0.717, 1.165) is 11.1 Å². The molecule has 206 valence electrons. The monoisotopic (exact) mass is 559 g/mol. The van der Waals surface area contributed by atoms with Gasteiger partial charge in [0.2, 0.25) is 5.41 Å². The van der Waals surface area contributed by atoms with Crippen LogP contribution in [0.1, 0.15) is 36.6 Å². The lowest BCUT2D eigenvalue weighted by atomic mass is 9.72. The summed E-state index contributed by atoms with van der Waals surface area (Å²) in [6, 6.07) is 23.2. The van der Waals surface area contributed by atoms with Crippen LogP contribution in [0, 0.1) is 5.41 Å². The SMILES string of the molecule is CCOC(=O)C1(C(=O)OCC)C(=C=C(c2ccccc2)c2ccccc2)[C@H](C(=O)OC)N[C@@H]1c1ccccc1Cl. The highest BCUT2D eigenvalue weighted by molar-refractivity contribution is 6.31. The van der Waals surface area contributed by atoms with Gasteiger partial charge in [-0.2, -0.15) is 0 Å². The second-order valence-corrected chi connectivity index (χ2v) is 9.38. The lowest BCUT2D eigenvalue weighted by Crippen LogP contribution is -2.47. The van der Waals surface area contributed by atoms with E-state index in [4.69, 9.17) is 25.8 Å². The van der Waals surface area contributed by atoms with Crippen molar-refractivity contribution in [2.45, 2.75) is 25.9 Å². The van der Waals surface area contributed by atoms with Crippen molar-refractivity contribution in [3.63, 3.8) is 0 Å². The highest BCUT2D eigenvalue weighted by Crippen LogP contribution is 2.51. The van der Waals surface area contributed by atoms with Gasteiger partial charge < -0.3 is 14.2 Å². The molecule has 0 radical (unpaired) electrons. The molecule has 2 atom stereocenters. The van der Waals surface area contributed by atoms with Gasteiger partial charge in [-0.15, -0.1) is 5.73 Å². The molecule has 0 bridgehead atoms. The van der Waals surface area contributed by atoms with E-state index in [1.165, 1.54) is 7.11 Å². The first-order valence-electron chi connectivity index (χ1n) is 12.9. The van der Waals surface area contributed by atoms with Gasteiger partial charge >= 0.3 is 17.9 Å². The summed E-state index contributed by atoms with van der Waals surface area (Å²) in [6.07, 6.45) is 0. The molecule has 1 aliphatic heterocycles. The smallest absolute Gasteiger partial charge is 0.330 e. The van der Waals surface area contributed by atoms with E-state index >= 15 is 0 Å². The minimum absolute atomic E-state index is 0.0145. The number of carbonyl (C=O) groups excluding carboxylic acids is 3. The van der Waals surface area contributed by atoms with Crippen molar-refractivity contribution >= 4 is 35.1 Å². The quantitative estimate of drug-likeness (QED) is 0.173. The Hall–Kier alpha value is -4.16. The van der Waals surface area contributed by atoms with Crippen LogP contribution in [0.4, 0.5) is 0 Å². The highest BCUT2D eigenvalue weighted by atomic mass is 35.5. The summed E-state index contributed by atoms with van der Waals surface area (Å²) in [6.45, 7) is 3.25. The maximum absolute atomic E-state index is 14.1. The number of hydrogen-bond donors (Lipinski definition) is 1. The van der Waals surface area contributed by atoms with Crippen molar-refractivity contribution in [2.75, 3.05) is 20.3 Å². The van der Waals surface area contributed by atoms with Crippen molar-refractivity contribution in [1.82, 2.24) is 5.32 Å². The van der Waals surface area contributed by atoms with Crippen LogP contribution < -0.4 is 5.32 Å². The molecule has 0 amide bonds. The van der Waals surface area contributed by atoms with Crippen LogP contribution in [0.5, 0.6) is 0 Å². The van der Waals surface area contributed by atoms with Gasteiger partial charge in [0, 0.05) is 16.2 Å². The average Bonchev–Trinajstić information content (AvgIpc) is 3.32. The molecule has 40 heavy (non-hydrogen) atoms. The van der Waals surface area contributed by atoms with E-state index in [-0.39, 0.29) is 23.8 Å². The third-order valence-electron chi connectivity index (χ3n) is 6.71. The average molecular weight is 560 g/mol. The van der Waals surface area contributed by atoms with Crippen LogP contribution in [0.15, 0.2) is 96.2 Å². The molecule has 7 nitrogen and oxygen atoms in total. The summed E-state index contributed by atoms with van der Waals surface area (Å²) in [5.41, 5.74) is 3.69. The molecule has 1 N–H and O–H groups in total. The molecule has 0 spiro atoms. The zero-order valence-electron chi connectivity index (χ0n) is 22.5. The second kappa shape index (κ2) is 12.8. The fourth-order valence-corrected chi connectivity index (χ4v) is 5.19. The van der Waals surface area contributed by atoms with Gasteiger partial charge in [-0.25, -0.2) is 4.79 Å². The van der Waals surface area contributed by atoms with E-state index in [1.807, 2.05) is 60.7 Å². The van der Waals surface area contributed by atoms with Crippen LogP contribution >= 0.6 is 11.6 Å². The number of rotatable bonds is 8. The third-order valence-corrected chi connectivity index (χ3v) is 7.06. The van der Waals surface area contributed by atoms with Crippen LogP contribution in [0.25, 0.3) is 5.57 Å². The summed E-state index contributed by atoms with van der Waals surface area (Å²) in [5.74, 6) is -2.49. The number of methoxy groups -OCH3 is 1. The molecule has 8 heteroatoms. The van der Waals surface area contributed by atoms with Crippen molar-refractivity contribution in [3.8, 4) is 0 Å². The Morgan fingerprint density at radius 2 is 1.32 bits per heavy atom. The fourth-order valence-electron chi connectivity index (χ4n) is 4.95. The minimum atomic E-state index is -2.15. The predicted molar refractivity (Wildman–Crippen MR) is 151 cm³/mol. The first-order valence-corrected chi connectivity index (χ1v) is 13.3. The molecular weight excluding hydrogens is 530 g/mol. The van der Waals surface area contributed by atoms with Gasteiger partial charge in [0.05, 0.1) is 26.4 Å². The molecule has 4 rings (SSSR count). The summed E-state index contributed by atoms with van der Waals surface area (Å²) in [5, 5.41) is 3.44. The van der Waals surface area contributed by atoms with Gasteiger partial charge in [0.25, 0.3) is 0 Å². The van der Waals surface area contributed by atoms with E-state index in [0.29, 0.717) is 11.1 Å². The van der Waals surface area contributed by atoms with Crippen LogP contribution in [0.2, 0.25) is 5.02 Å². The Labute approximate surface area is 238 Å². The summed E-state index contributed by atoms with van der Waals surface area (Å²) in [4.78, 5) is 41.4. The standard InChI is InChI=1S/C32H30ClNO6/c1-4-39-30(36)32(31(37)40-5-2)25(20-24(21-14-8-6-9-15-21)22-16-10-7-11-17-22)27(29(35)38-3)34-28(32)23-18-12-13-19-26(23)33/h6-19,27-28,34H,4-5H2,1-3H3/t27-,28-/m1/s1. The topological polar surface area (TPSA) is 90.9 Å². The van der Waals surface area contributed by atoms with E-state index in [2.05, 4.69) is 11.0 Å². The normalized spacial score (nSPS) is 17.4. The van der Waals surface area contributed by atoms with Crippen molar-refractivity contribution in [1.29, 1.82) is 0 Å². The van der Waals surface area contributed by atoms with Gasteiger partial charge in [-0.05, 0) is 36.6 Å². The lowest BCUT2D eigenvalue weighted by molar-refractivity contribution is -0.169. The molecule has 3 aromatic carbocycles. The van der Waals surface area contributed by atoms with Gasteiger partial charge in [0.1, 0.15) is 6.04 Å². The number of benzene rings is 3. The molecule has 0 unspecified atom stereocenters. The number of nitrogens with one attached hydrogen (secondary N) is 1. The molecular formula is C32H30ClNO6. The first kappa shape index (κ1) is 28.8. The summed E-state index contributed by atoms with van der Waals surface area (Å²) in [7, 11) is 1.24. The van der Waals surface area contributed by atoms with E-state index in [1.54, 1.807) is 38.1 Å². The predicted octanol–water partition coefficient (Wildman–Crippen LogP) is 5.30. The Kier molecular flexibility index (Phi) is 9.22. The zero-order valence-corrected chi connectivity index (χ0v) is 23.2. The zero-order chi connectivity index (χ0) is 28.7. The summed E-state index contributed by atoms with van der Waals surface area (Å²) >= 11 is 6.61. The molecule has 1 aliphatic rings. The van der Waals surface area contributed by atoms with E-state index in [9.17, 15) is 14.4 Å². The number of esters is 3. The Bertz CT molecular complexity index is 1390. The molecule has 3 aromatic rings. The van der Waals surface area contributed by atoms with E-state index < -0.39 is 35.4 Å². The van der Waals surface area contributed by atoms with Crippen LogP contribution in [-0.4, -0.2) is 44.3 Å². The molecule has 0 saturated carbocycles. The highest BCUT2D eigenvalue weighted by Gasteiger charge is 2.66. The summed E-state index contributed by atoms with van der Waals surface area (Å²) < 4.78 is 16.2. The molecule has 1 fully saturated rings. The van der Waals surface area contributed by atoms with Crippen molar-refractivity contribution in [3.05, 3.63) is 118 Å². The largest absolute Gasteiger partial charge is 0.468 e. The van der Waals surface area contributed by atoms with Crippen LogP contribution in [0.3, 0.4) is 0 Å². The third kappa shape index (κ3) is 5.32. The second-order valence-electron chi connectivity index (χ2n) is 8.97.